The van der Waals surface area contributed by atoms with Gasteiger partial charge in [0.25, 0.3) is 0 Å². The number of anilines is 3. The van der Waals surface area contributed by atoms with Crippen LogP contribution in [0.25, 0.3) is 49.7 Å². The van der Waals surface area contributed by atoms with Gasteiger partial charge in [0.15, 0.2) is 0 Å². The van der Waals surface area contributed by atoms with Crippen molar-refractivity contribution in [2.24, 2.45) is 0 Å². The van der Waals surface area contributed by atoms with Crippen molar-refractivity contribution in [3.8, 4) is 33.4 Å². The summed E-state index contributed by atoms with van der Waals surface area (Å²) in [6, 6.07) is 66.3. The summed E-state index contributed by atoms with van der Waals surface area (Å²) < 4.78 is 0. The van der Waals surface area contributed by atoms with Crippen LogP contribution in [-0.2, 0) is 10.8 Å². The molecule has 0 saturated heterocycles. The molecule has 0 aliphatic heterocycles. The van der Waals surface area contributed by atoms with E-state index in [1.165, 1.54) is 94.4 Å². The molecule has 0 amide bonds. The zero-order chi connectivity index (χ0) is 37.9. The summed E-state index contributed by atoms with van der Waals surface area (Å²) in [7, 11) is 0. The maximum atomic E-state index is 2.52. The van der Waals surface area contributed by atoms with Crippen LogP contribution in [-0.4, -0.2) is 0 Å². The molecule has 1 heteroatoms. The standard InChI is InChI=1S/C56H41N/c1-55(2)48-21-11-8-18-43(48)45-31-29-40(34-52(45)55)57(39-27-24-37(25-28-39)36-14-4-3-5-15-36)41-30-32-46-44-19-9-12-22-49(44)56(53(46)35-41)50-23-13-10-20-47(50)54-42-17-7-6-16-38(42)26-33-51(54)56/h3-7,9-17,19-35H,8,18H2,1-2H3. The lowest BCUT2D eigenvalue weighted by atomic mass is 9.70. The van der Waals surface area contributed by atoms with Crippen molar-refractivity contribution in [3.63, 3.8) is 0 Å². The van der Waals surface area contributed by atoms with E-state index in [1.54, 1.807) is 0 Å². The third-order valence-electron chi connectivity index (χ3n) is 13.6. The van der Waals surface area contributed by atoms with Gasteiger partial charge in [0.05, 0.1) is 5.41 Å². The fourth-order valence-electron chi connectivity index (χ4n) is 11.0. The molecule has 0 bridgehead atoms. The average molecular weight is 728 g/mol. The Morgan fingerprint density at radius 1 is 0.456 bits per heavy atom. The van der Waals surface area contributed by atoms with Crippen LogP contribution in [0, 0.1) is 0 Å². The highest BCUT2D eigenvalue weighted by Gasteiger charge is 2.52. The van der Waals surface area contributed by atoms with Crippen molar-refractivity contribution in [1.29, 1.82) is 0 Å². The lowest BCUT2D eigenvalue weighted by Crippen LogP contribution is -2.26. The van der Waals surface area contributed by atoms with Gasteiger partial charge < -0.3 is 4.90 Å². The first-order chi connectivity index (χ1) is 28.0. The van der Waals surface area contributed by atoms with Gasteiger partial charge in [-0.1, -0.05) is 166 Å². The first-order valence-electron chi connectivity index (χ1n) is 20.4. The number of hydrogen-bond acceptors (Lipinski definition) is 1. The minimum Gasteiger partial charge on any atom is -0.310 e. The summed E-state index contributed by atoms with van der Waals surface area (Å²) >= 11 is 0. The number of nitrogens with zero attached hydrogens (tertiary/aromatic N) is 1. The number of rotatable bonds is 4. The van der Waals surface area contributed by atoms with Crippen molar-refractivity contribution in [2.45, 2.75) is 37.5 Å². The van der Waals surface area contributed by atoms with E-state index < -0.39 is 5.41 Å². The van der Waals surface area contributed by atoms with Gasteiger partial charge in [0.2, 0.25) is 0 Å². The molecule has 1 atom stereocenters. The van der Waals surface area contributed by atoms with Gasteiger partial charge in [-0.25, -0.2) is 0 Å². The molecule has 1 nitrogen and oxygen atoms in total. The molecule has 270 valence electrons. The Hall–Kier alpha value is -6.70. The normalized spacial score (nSPS) is 17.6. The Balaban J connectivity index is 1.10. The fourth-order valence-corrected chi connectivity index (χ4v) is 11.0. The summed E-state index contributed by atoms with van der Waals surface area (Å²) in [5.74, 6) is 0. The third-order valence-corrected chi connectivity index (χ3v) is 13.6. The molecular weight excluding hydrogens is 687 g/mol. The Kier molecular flexibility index (Phi) is 6.79. The molecule has 8 aromatic rings. The smallest absolute Gasteiger partial charge is 0.0726 e. The van der Waals surface area contributed by atoms with Crippen LogP contribution in [0.5, 0.6) is 0 Å². The summed E-state index contributed by atoms with van der Waals surface area (Å²) in [5, 5.41) is 2.59. The topological polar surface area (TPSA) is 3.24 Å². The molecule has 1 spiro atoms. The van der Waals surface area contributed by atoms with E-state index in [1.807, 2.05) is 0 Å². The number of fused-ring (bicyclic) bond motifs is 14. The van der Waals surface area contributed by atoms with Crippen LogP contribution in [0.15, 0.2) is 194 Å². The fraction of sp³-hybridized carbons (Fsp3) is 0.107. The van der Waals surface area contributed by atoms with Crippen molar-refractivity contribution < 1.29 is 0 Å². The summed E-state index contributed by atoms with van der Waals surface area (Å²) in [6.07, 6.45) is 6.96. The van der Waals surface area contributed by atoms with Crippen LogP contribution in [0.3, 0.4) is 0 Å². The number of benzene rings is 8. The number of hydrogen-bond donors (Lipinski definition) is 0. The summed E-state index contributed by atoms with van der Waals surface area (Å²) in [6.45, 7) is 4.81. The van der Waals surface area contributed by atoms with Crippen LogP contribution in [0.2, 0.25) is 0 Å². The molecule has 0 N–H and O–H groups in total. The van der Waals surface area contributed by atoms with E-state index in [4.69, 9.17) is 0 Å². The molecule has 1 unspecified atom stereocenters. The predicted octanol–water partition coefficient (Wildman–Crippen LogP) is 14.7. The molecule has 0 aromatic heterocycles. The lowest BCUT2D eigenvalue weighted by molar-refractivity contribution is 0.651. The summed E-state index contributed by atoms with van der Waals surface area (Å²) in [4.78, 5) is 2.50. The van der Waals surface area contributed by atoms with Gasteiger partial charge in [-0.3, -0.25) is 0 Å². The van der Waals surface area contributed by atoms with E-state index in [-0.39, 0.29) is 5.41 Å². The van der Waals surface area contributed by atoms with E-state index in [0.717, 1.165) is 24.2 Å². The van der Waals surface area contributed by atoms with E-state index in [0.29, 0.717) is 0 Å². The highest BCUT2D eigenvalue weighted by Crippen LogP contribution is 2.64. The SMILES string of the molecule is CC1(C)C2=C(CCC=C2)c2ccc(N(c3ccc(-c4ccccc4)cc3)c3ccc4c(c3)C3(c5ccccc5-4)c4ccccc4-c4c3ccc3ccccc43)cc21. The maximum Gasteiger partial charge on any atom is 0.0726 e. The highest BCUT2D eigenvalue weighted by atomic mass is 15.1. The van der Waals surface area contributed by atoms with Crippen LogP contribution in [0.4, 0.5) is 17.1 Å². The van der Waals surface area contributed by atoms with Crippen LogP contribution < -0.4 is 4.90 Å². The molecule has 4 aliphatic carbocycles. The zero-order valence-electron chi connectivity index (χ0n) is 32.3. The minimum absolute atomic E-state index is 0.0654. The van der Waals surface area contributed by atoms with Gasteiger partial charge in [0, 0.05) is 22.5 Å². The van der Waals surface area contributed by atoms with Crippen molar-refractivity contribution >= 4 is 33.4 Å². The largest absolute Gasteiger partial charge is 0.310 e. The minimum atomic E-state index is -0.448. The van der Waals surface area contributed by atoms with Crippen molar-refractivity contribution in [1.82, 2.24) is 0 Å². The van der Waals surface area contributed by atoms with Crippen molar-refractivity contribution in [2.75, 3.05) is 4.90 Å². The number of allylic oxidation sites excluding steroid dienone is 4. The first kappa shape index (κ1) is 32.5. The molecule has 0 heterocycles. The molecule has 0 saturated carbocycles. The van der Waals surface area contributed by atoms with E-state index in [9.17, 15) is 0 Å². The highest BCUT2D eigenvalue weighted by molar-refractivity contribution is 6.06. The maximum absolute atomic E-state index is 2.52. The van der Waals surface area contributed by atoms with E-state index in [2.05, 4.69) is 207 Å². The van der Waals surface area contributed by atoms with Crippen LogP contribution in [0.1, 0.15) is 60.1 Å². The first-order valence-corrected chi connectivity index (χ1v) is 20.4. The molecule has 4 aliphatic rings. The van der Waals surface area contributed by atoms with Crippen LogP contribution >= 0.6 is 0 Å². The Morgan fingerprint density at radius 3 is 1.88 bits per heavy atom. The molecule has 0 radical (unpaired) electrons. The van der Waals surface area contributed by atoms with Gasteiger partial charge in [-0.15, -0.1) is 0 Å². The predicted molar refractivity (Wildman–Crippen MR) is 239 cm³/mol. The monoisotopic (exact) mass is 727 g/mol. The van der Waals surface area contributed by atoms with Crippen molar-refractivity contribution in [3.05, 3.63) is 227 Å². The Labute approximate surface area is 334 Å². The van der Waals surface area contributed by atoms with E-state index >= 15 is 0 Å². The third kappa shape index (κ3) is 4.40. The zero-order valence-corrected chi connectivity index (χ0v) is 32.3. The Bertz CT molecular complexity index is 3030. The Morgan fingerprint density at radius 2 is 1.07 bits per heavy atom. The quantitative estimate of drug-likeness (QED) is 0.174. The van der Waals surface area contributed by atoms with Gasteiger partial charge in [0.1, 0.15) is 0 Å². The van der Waals surface area contributed by atoms with Gasteiger partial charge in [-0.05, 0) is 138 Å². The average Bonchev–Trinajstić information content (AvgIpc) is 3.83. The second-order valence-corrected chi connectivity index (χ2v) is 16.7. The second kappa shape index (κ2) is 11.9. The van der Waals surface area contributed by atoms with Gasteiger partial charge >= 0.3 is 0 Å². The lowest BCUT2D eigenvalue weighted by Gasteiger charge is -2.33. The molecule has 12 rings (SSSR count). The second-order valence-electron chi connectivity index (χ2n) is 16.7. The molecule has 0 fully saturated rings. The molecule has 57 heavy (non-hydrogen) atoms. The summed E-state index contributed by atoms with van der Waals surface area (Å²) in [5.41, 5.74) is 22.0. The van der Waals surface area contributed by atoms with Gasteiger partial charge in [-0.2, -0.15) is 0 Å². The molecular formula is C56H41N. The molecule has 8 aromatic carbocycles.